The van der Waals surface area contributed by atoms with E-state index in [4.69, 9.17) is 10.1 Å². The molecule has 2 aliphatic carbocycles. The highest BCUT2D eigenvalue weighted by molar-refractivity contribution is 5.58. The smallest absolute Gasteiger partial charge is 0.100 e. The Morgan fingerprint density at radius 1 is 1.17 bits per heavy atom. The highest BCUT2D eigenvalue weighted by Crippen LogP contribution is 2.33. The summed E-state index contributed by atoms with van der Waals surface area (Å²) in [7, 11) is 1.83. The highest BCUT2D eigenvalue weighted by atomic mass is 19.1. The average molecular weight is 339 g/mol. The molecule has 0 spiro atoms. The summed E-state index contributed by atoms with van der Waals surface area (Å²) in [6.07, 6.45) is 7.71. The number of methoxy groups -OCH3 is 1. The van der Waals surface area contributed by atoms with Crippen molar-refractivity contribution in [2.45, 2.75) is 82.3 Å². The maximum Gasteiger partial charge on any atom is 0.100 e. The Hall–Kier alpha value is -0.520. The molecular weight excluding hydrogens is 305 g/mol. The van der Waals surface area contributed by atoms with Gasteiger partial charge in [-0.2, -0.15) is 0 Å². The van der Waals surface area contributed by atoms with Crippen molar-refractivity contribution in [3.63, 3.8) is 0 Å². The fourth-order valence-corrected chi connectivity index (χ4v) is 4.98. The zero-order valence-corrected chi connectivity index (χ0v) is 15.2. The second-order valence-corrected chi connectivity index (χ2v) is 8.25. The van der Waals surface area contributed by atoms with E-state index in [9.17, 15) is 4.39 Å². The second-order valence-electron chi connectivity index (χ2n) is 8.25. The standard InChI is InChI=1S/C19H34FN3O/c1-13-7-8-23(12-13)18-9-14(11-21)17(10-19(18)24-2)22-16-5-3-15(20)4-6-16/h11,13-19,21-22H,3-10,12H2,1-2H3/t13-,14?,15?,16?,17?,18?,19?/m0/s1. The zero-order chi connectivity index (χ0) is 17.1. The molecule has 0 bridgehead atoms. The summed E-state index contributed by atoms with van der Waals surface area (Å²) < 4.78 is 19.2. The molecule has 2 N–H and O–H groups in total. The maximum atomic E-state index is 13.4. The monoisotopic (exact) mass is 339 g/mol. The minimum absolute atomic E-state index is 0.238. The number of hydrogen-bond acceptors (Lipinski definition) is 4. The summed E-state index contributed by atoms with van der Waals surface area (Å²) in [6, 6.07) is 1.14. The molecule has 2 saturated carbocycles. The topological polar surface area (TPSA) is 48.4 Å². The summed E-state index contributed by atoms with van der Waals surface area (Å²) in [5.41, 5.74) is 0. The Bertz CT molecular complexity index is 413. The largest absolute Gasteiger partial charge is 0.380 e. The van der Waals surface area contributed by atoms with Crippen molar-refractivity contribution in [1.29, 1.82) is 5.41 Å². The highest BCUT2D eigenvalue weighted by Gasteiger charge is 2.41. The number of halogens is 1. The van der Waals surface area contributed by atoms with E-state index in [0.717, 1.165) is 44.7 Å². The fraction of sp³-hybridized carbons (Fsp3) is 0.947. The molecule has 1 heterocycles. The van der Waals surface area contributed by atoms with Gasteiger partial charge in [-0.15, -0.1) is 0 Å². The summed E-state index contributed by atoms with van der Waals surface area (Å²) in [5.74, 6) is 1.04. The third-order valence-corrected chi connectivity index (χ3v) is 6.49. The minimum Gasteiger partial charge on any atom is -0.380 e. The van der Waals surface area contributed by atoms with Gasteiger partial charge in [-0.3, -0.25) is 4.90 Å². The van der Waals surface area contributed by atoms with Crippen LogP contribution in [0.25, 0.3) is 0 Å². The number of likely N-dealkylation sites (tertiary alicyclic amines) is 1. The molecule has 5 atom stereocenters. The lowest BCUT2D eigenvalue weighted by Gasteiger charge is -2.45. The Balaban J connectivity index is 1.61. The van der Waals surface area contributed by atoms with E-state index in [0.29, 0.717) is 31.0 Å². The molecule has 0 amide bonds. The van der Waals surface area contributed by atoms with E-state index >= 15 is 0 Å². The van der Waals surface area contributed by atoms with Gasteiger partial charge in [0, 0.05) is 37.7 Å². The van der Waals surface area contributed by atoms with Crippen molar-refractivity contribution in [2.75, 3.05) is 20.2 Å². The van der Waals surface area contributed by atoms with Gasteiger partial charge >= 0.3 is 0 Å². The molecule has 0 aromatic heterocycles. The van der Waals surface area contributed by atoms with E-state index in [2.05, 4.69) is 17.1 Å². The van der Waals surface area contributed by atoms with Crippen LogP contribution in [0.4, 0.5) is 4.39 Å². The summed E-state index contributed by atoms with van der Waals surface area (Å²) in [4.78, 5) is 2.58. The molecule has 3 aliphatic rings. The maximum absolute atomic E-state index is 13.4. The predicted molar refractivity (Wildman–Crippen MR) is 95.5 cm³/mol. The minimum atomic E-state index is -0.610. The zero-order valence-electron chi connectivity index (χ0n) is 15.2. The quantitative estimate of drug-likeness (QED) is 0.757. The molecule has 5 heteroatoms. The van der Waals surface area contributed by atoms with Gasteiger partial charge in [-0.25, -0.2) is 4.39 Å². The number of alkyl halides is 1. The first-order chi connectivity index (χ1) is 11.6. The molecule has 3 fully saturated rings. The first kappa shape index (κ1) is 18.3. The van der Waals surface area contributed by atoms with Crippen LogP contribution in [0.2, 0.25) is 0 Å². The van der Waals surface area contributed by atoms with Crippen LogP contribution in [0.3, 0.4) is 0 Å². The lowest BCUT2D eigenvalue weighted by molar-refractivity contribution is -0.0226. The number of hydrogen-bond donors (Lipinski definition) is 2. The third kappa shape index (κ3) is 4.17. The molecule has 4 nitrogen and oxygen atoms in total. The molecule has 4 unspecified atom stereocenters. The van der Waals surface area contributed by atoms with Gasteiger partial charge in [0.2, 0.25) is 0 Å². The second kappa shape index (κ2) is 8.24. The van der Waals surface area contributed by atoms with Crippen LogP contribution in [0.15, 0.2) is 0 Å². The Kier molecular flexibility index (Phi) is 6.27. The fourth-order valence-electron chi connectivity index (χ4n) is 4.98. The molecule has 1 saturated heterocycles. The SMILES string of the molecule is COC1CC(NC2CCC(F)CC2)C(C=N)CC1N1CC[C@H](C)C1. The molecule has 1 aliphatic heterocycles. The van der Waals surface area contributed by atoms with Crippen molar-refractivity contribution in [2.24, 2.45) is 11.8 Å². The van der Waals surface area contributed by atoms with Gasteiger partial charge in [0.15, 0.2) is 0 Å². The lowest BCUT2D eigenvalue weighted by atomic mass is 9.78. The van der Waals surface area contributed by atoms with Gasteiger partial charge in [0.05, 0.1) is 6.10 Å². The Morgan fingerprint density at radius 2 is 1.92 bits per heavy atom. The molecule has 0 radical (unpaired) electrons. The van der Waals surface area contributed by atoms with Crippen molar-refractivity contribution in [1.82, 2.24) is 10.2 Å². The van der Waals surface area contributed by atoms with Gasteiger partial charge in [0.25, 0.3) is 0 Å². The Labute approximate surface area is 146 Å². The number of rotatable bonds is 5. The molecule has 3 rings (SSSR count). The predicted octanol–water partition coefficient (Wildman–Crippen LogP) is 3.01. The summed E-state index contributed by atoms with van der Waals surface area (Å²) in [6.45, 7) is 4.65. The van der Waals surface area contributed by atoms with Crippen LogP contribution in [-0.4, -0.2) is 61.7 Å². The van der Waals surface area contributed by atoms with Crippen LogP contribution < -0.4 is 5.32 Å². The van der Waals surface area contributed by atoms with E-state index in [-0.39, 0.29) is 12.0 Å². The Morgan fingerprint density at radius 3 is 2.50 bits per heavy atom. The molecule has 0 aromatic carbocycles. The number of nitrogens with one attached hydrogen (secondary N) is 2. The van der Waals surface area contributed by atoms with Gasteiger partial charge in [0.1, 0.15) is 6.17 Å². The van der Waals surface area contributed by atoms with Gasteiger partial charge in [-0.05, 0) is 63.6 Å². The summed E-state index contributed by atoms with van der Waals surface area (Å²) in [5, 5.41) is 11.7. The van der Waals surface area contributed by atoms with Crippen LogP contribution in [0.5, 0.6) is 0 Å². The van der Waals surface area contributed by atoms with Crippen molar-refractivity contribution < 1.29 is 9.13 Å². The van der Waals surface area contributed by atoms with E-state index in [1.54, 1.807) is 6.21 Å². The lowest BCUT2D eigenvalue weighted by Crippen LogP contribution is -2.56. The molecule has 24 heavy (non-hydrogen) atoms. The van der Waals surface area contributed by atoms with E-state index in [1.807, 2.05) is 7.11 Å². The number of nitrogens with zero attached hydrogens (tertiary/aromatic N) is 1. The molecule has 138 valence electrons. The molecular formula is C19H34FN3O. The van der Waals surface area contributed by atoms with Crippen LogP contribution >= 0.6 is 0 Å². The van der Waals surface area contributed by atoms with E-state index < -0.39 is 6.17 Å². The van der Waals surface area contributed by atoms with Crippen molar-refractivity contribution in [3.8, 4) is 0 Å². The van der Waals surface area contributed by atoms with Crippen molar-refractivity contribution in [3.05, 3.63) is 0 Å². The van der Waals surface area contributed by atoms with Crippen LogP contribution in [-0.2, 0) is 4.74 Å². The van der Waals surface area contributed by atoms with Gasteiger partial charge < -0.3 is 15.5 Å². The van der Waals surface area contributed by atoms with Crippen LogP contribution in [0.1, 0.15) is 51.9 Å². The van der Waals surface area contributed by atoms with Gasteiger partial charge in [-0.1, -0.05) is 6.92 Å². The average Bonchev–Trinajstić information content (AvgIpc) is 3.02. The first-order valence-corrected chi connectivity index (χ1v) is 9.78. The third-order valence-electron chi connectivity index (χ3n) is 6.49. The number of ether oxygens (including phenoxy) is 1. The normalized spacial score (nSPS) is 44.5. The first-order valence-electron chi connectivity index (χ1n) is 9.78. The molecule has 0 aromatic rings. The van der Waals surface area contributed by atoms with Crippen LogP contribution in [0, 0.1) is 17.2 Å². The van der Waals surface area contributed by atoms with E-state index in [1.165, 1.54) is 6.42 Å². The van der Waals surface area contributed by atoms with Crippen molar-refractivity contribution >= 4 is 6.21 Å². The summed E-state index contributed by atoms with van der Waals surface area (Å²) >= 11 is 0.